The van der Waals surface area contributed by atoms with Gasteiger partial charge in [-0.25, -0.2) is 12.2 Å². The molecule has 0 amide bonds. The third-order valence-electron chi connectivity index (χ3n) is 8.76. The fourth-order valence-corrected chi connectivity index (χ4v) is 6.21. The molecule has 0 N–H and O–H groups in total. The summed E-state index contributed by atoms with van der Waals surface area (Å²) >= 11 is 1.30. The molecule has 0 saturated carbocycles. The standard InChI is InChI=1S/C33H33.C9H11.C5H5.CH2.2ClH.Zr/c1-32(2,3)30-20-26-24(18-28(30)22-13-9-7-10-14-22)17-25-19-29(23-15-11-8-12-16-23)31(21-27(25)26)33(4,5)6;1-8(2)9-6-4-3-5-7-9;1-2-4-5-3-1;;;;/h7-16,18,20-21H,17H2,1-6H3;3-7H,1-2H3;1-3H,4H2;1H2;2*1H;/q3*-1;;;;. The van der Waals surface area contributed by atoms with E-state index in [4.69, 9.17) is 0 Å². The van der Waals surface area contributed by atoms with Crippen molar-refractivity contribution >= 4 is 29.0 Å². The van der Waals surface area contributed by atoms with Gasteiger partial charge in [-0.3, -0.25) is 6.08 Å². The summed E-state index contributed by atoms with van der Waals surface area (Å²) in [5, 5.41) is 0. The van der Waals surface area contributed by atoms with Crippen LogP contribution in [-0.4, -0.2) is 4.21 Å². The molecule has 5 aromatic rings. The van der Waals surface area contributed by atoms with E-state index in [0.29, 0.717) is 0 Å². The number of fused-ring (bicyclic) bond motifs is 3. The topological polar surface area (TPSA) is 0 Å². The van der Waals surface area contributed by atoms with Gasteiger partial charge in [0.1, 0.15) is 0 Å². The summed E-state index contributed by atoms with van der Waals surface area (Å²) in [5.74, 6) is 1.37. The first kappa shape index (κ1) is 43.9. The van der Waals surface area contributed by atoms with E-state index in [1.807, 2.05) is 18.2 Å². The van der Waals surface area contributed by atoms with Gasteiger partial charge >= 0.3 is 28.4 Å². The molecule has 0 unspecified atom stereocenters. The molecule has 51 heavy (non-hydrogen) atoms. The van der Waals surface area contributed by atoms with E-state index in [2.05, 4.69) is 181 Å². The van der Waals surface area contributed by atoms with E-state index in [-0.39, 0.29) is 35.6 Å². The van der Waals surface area contributed by atoms with Crippen molar-refractivity contribution < 1.29 is 24.2 Å². The molecule has 0 radical (unpaired) electrons. The minimum absolute atomic E-state index is 0. The predicted octanol–water partition coefficient (Wildman–Crippen LogP) is 13.8. The maximum atomic E-state index is 3.88. The summed E-state index contributed by atoms with van der Waals surface area (Å²) in [5.41, 5.74) is 14.8. The van der Waals surface area contributed by atoms with Crippen LogP contribution in [0.2, 0.25) is 0 Å². The third kappa shape index (κ3) is 11.6. The Kier molecular flexibility index (Phi) is 17.4. The quantitative estimate of drug-likeness (QED) is 0.157. The van der Waals surface area contributed by atoms with Crippen LogP contribution in [-0.2, 0) is 41.5 Å². The molecule has 0 nitrogen and oxygen atoms in total. The maximum absolute atomic E-state index is 3.88. The van der Waals surface area contributed by atoms with Crippen LogP contribution in [0.3, 0.4) is 0 Å². The fourth-order valence-electron chi connectivity index (χ4n) is 6.21. The first-order valence-corrected chi connectivity index (χ1v) is 19.0. The van der Waals surface area contributed by atoms with Crippen molar-refractivity contribution in [3.8, 4) is 33.4 Å². The average molecular weight is 792 g/mol. The van der Waals surface area contributed by atoms with E-state index in [9.17, 15) is 0 Å². The Balaban J connectivity index is 0.000000416. The molecule has 0 atom stereocenters. The average Bonchev–Trinajstić information content (AvgIpc) is 3.81. The summed E-state index contributed by atoms with van der Waals surface area (Å²) in [4.78, 5) is 0. The Bertz CT molecular complexity index is 1740. The van der Waals surface area contributed by atoms with Crippen molar-refractivity contribution in [3.05, 3.63) is 173 Å². The molecule has 0 saturated heterocycles. The van der Waals surface area contributed by atoms with E-state index in [1.165, 1.54) is 91.4 Å². The van der Waals surface area contributed by atoms with Crippen molar-refractivity contribution in [2.45, 2.75) is 79.1 Å². The van der Waals surface area contributed by atoms with E-state index in [1.54, 1.807) is 0 Å². The Labute approximate surface area is 336 Å². The molecule has 7 rings (SSSR count). The molecular formula is C48H53Cl2Zr-3. The molecule has 2 aliphatic carbocycles. The molecular weight excluding hydrogens is 739 g/mol. The van der Waals surface area contributed by atoms with E-state index >= 15 is 0 Å². The third-order valence-corrected chi connectivity index (χ3v) is 8.76. The van der Waals surface area contributed by atoms with Gasteiger partial charge in [0.15, 0.2) is 0 Å². The SMILES string of the molecule is CC(C)(C)c1cc2c([c-]c1-c1ccccc1)Cc1cc(-c3ccccc3)c(C(C)(C)C)cc1-2.C[C-](C)c1ccccc1.Cl.Cl.[C-]1=CC=CC1.[CH2]=[Zr]. The zero-order chi connectivity index (χ0) is 35.6. The van der Waals surface area contributed by atoms with Crippen LogP contribution in [0.4, 0.5) is 0 Å². The van der Waals surface area contributed by atoms with Gasteiger partial charge in [0, 0.05) is 0 Å². The Morgan fingerprint density at radius 1 is 0.627 bits per heavy atom. The normalized spacial score (nSPS) is 11.8. The van der Waals surface area contributed by atoms with Gasteiger partial charge in [-0.2, -0.15) is 29.7 Å². The van der Waals surface area contributed by atoms with Crippen molar-refractivity contribution in [3.63, 3.8) is 0 Å². The Hall–Kier alpha value is -3.22. The molecule has 0 spiro atoms. The van der Waals surface area contributed by atoms with Gasteiger partial charge in [0.25, 0.3) is 0 Å². The van der Waals surface area contributed by atoms with Crippen LogP contribution >= 0.6 is 24.8 Å². The number of hydrogen-bond donors (Lipinski definition) is 0. The van der Waals surface area contributed by atoms with Gasteiger partial charge in [-0.15, -0.1) is 72.2 Å². The van der Waals surface area contributed by atoms with Gasteiger partial charge < -0.3 is 0 Å². The van der Waals surface area contributed by atoms with Crippen molar-refractivity contribution in [1.82, 2.24) is 0 Å². The van der Waals surface area contributed by atoms with Crippen LogP contribution in [0.1, 0.15) is 89.6 Å². The fraction of sp³-hybridized carbons (Fsp3) is 0.250. The molecule has 0 heterocycles. The summed E-state index contributed by atoms with van der Waals surface area (Å²) in [6, 6.07) is 43.2. The summed E-state index contributed by atoms with van der Waals surface area (Å²) in [6.07, 6.45) is 10.9. The minimum atomic E-state index is 0. The summed E-state index contributed by atoms with van der Waals surface area (Å²) in [6.45, 7) is 18.1. The zero-order valence-corrected chi connectivity index (χ0v) is 35.7. The Morgan fingerprint density at radius 2 is 1.14 bits per heavy atom. The van der Waals surface area contributed by atoms with Gasteiger partial charge in [-0.05, 0) is 39.5 Å². The van der Waals surface area contributed by atoms with Gasteiger partial charge in [0.2, 0.25) is 0 Å². The second-order valence-electron chi connectivity index (χ2n) is 14.8. The first-order valence-electron chi connectivity index (χ1n) is 17.2. The van der Waals surface area contributed by atoms with E-state index < -0.39 is 0 Å². The summed E-state index contributed by atoms with van der Waals surface area (Å²) < 4.78 is 3.34. The summed E-state index contributed by atoms with van der Waals surface area (Å²) in [7, 11) is 0. The number of benzene rings is 5. The monoisotopic (exact) mass is 789 g/mol. The molecule has 0 bridgehead atoms. The zero-order valence-electron chi connectivity index (χ0n) is 31.6. The van der Waals surface area contributed by atoms with Crippen LogP contribution in [0.25, 0.3) is 33.4 Å². The number of halogens is 2. The van der Waals surface area contributed by atoms with Crippen LogP contribution in [0.15, 0.2) is 127 Å². The van der Waals surface area contributed by atoms with Gasteiger partial charge in [-0.1, -0.05) is 151 Å². The van der Waals surface area contributed by atoms with E-state index in [0.717, 1.165) is 12.8 Å². The molecule has 5 aromatic carbocycles. The molecule has 0 aromatic heterocycles. The predicted molar refractivity (Wildman–Crippen MR) is 225 cm³/mol. The van der Waals surface area contributed by atoms with Crippen LogP contribution in [0, 0.1) is 18.1 Å². The van der Waals surface area contributed by atoms with Crippen molar-refractivity contribution in [2.75, 3.05) is 0 Å². The number of rotatable bonds is 3. The molecule has 266 valence electrons. The van der Waals surface area contributed by atoms with Crippen LogP contribution < -0.4 is 0 Å². The first-order chi connectivity index (χ1) is 23.4. The van der Waals surface area contributed by atoms with Gasteiger partial charge in [0.05, 0.1) is 0 Å². The second kappa shape index (κ2) is 20.1. The molecule has 3 heteroatoms. The van der Waals surface area contributed by atoms with Crippen molar-refractivity contribution in [2.24, 2.45) is 0 Å². The Morgan fingerprint density at radius 3 is 1.57 bits per heavy atom. The molecule has 2 aliphatic rings. The van der Waals surface area contributed by atoms with Crippen LogP contribution in [0.5, 0.6) is 0 Å². The van der Waals surface area contributed by atoms with Crippen molar-refractivity contribution in [1.29, 1.82) is 0 Å². The number of hydrogen-bond acceptors (Lipinski definition) is 0. The molecule has 0 aliphatic heterocycles. The molecule has 0 fully saturated rings. The second-order valence-corrected chi connectivity index (χ2v) is 14.8. The number of allylic oxidation sites excluding steroid dienone is 4.